The maximum absolute atomic E-state index is 14.1. The summed E-state index contributed by atoms with van der Waals surface area (Å²) in [6.07, 6.45) is 25.6. The van der Waals surface area contributed by atoms with E-state index in [1.165, 1.54) is 6.20 Å². The number of amides is 6. The molecule has 6 aliphatic rings. The van der Waals surface area contributed by atoms with Crippen LogP contribution in [0.1, 0.15) is 200 Å². The Hall–Kier alpha value is -17.1. The van der Waals surface area contributed by atoms with Crippen LogP contribution in [0.3, 0.4) is 0 Å². The average molecular weight is 2730 g/mol. The number of nitrogens with zero attached hydrogens (tertiary/aromatic N) is 16. The van der Waals surface area contributed by atoms with E-state index in [4.69, 9.17) is 12.2 Å². The number of alkyl halides is 4. The van der Waals surface area contributed by atoms with Crippen molar-refractivity contribution in [1.82, 2.24) is 87.9 Å². The second kappa shape index (κ2) is 43.1. The molecule has 0 bridgehead atoms. The summed E-state index contributed by atoms with van der Waals surface area (Å²) >= 11 is 5.63. The number of pyridine rings is 6. The van der Waals surface area contributed by atoms with E-state index in [2.05, 4.69) is 81.2 Å². The molecule has 6 aliphatic heterocycles. The first-order valence-electron chi connectivity index (χ1n) is 48.3. The molecule has 0 unspecified atom stereocenters. The standard InChI is InChI=1S/C26H29FN4O4S.C24H28FN5O2.C20H19FN3O.C20H19FN3S.C20H20N3O.3No/c1-26(27)9-12-30(13-10-26)25(33)20-16-19-6-11-31(23(19)28-17-20)22-4-2-18(3-5-22)24(32)29-21-7-14-36(34,35)15-8-21;1-23(2,3)28-21(31)17-12-19(15-26-13-17)30-8-5-16-11-18(14-27-20(16)30)22(32)29-9-6-24(4,25)7-10-29;2*1-20(21)8-11-23(12-9-20)19(25)16-13-15-7-10-24(18(15)22-14-16)17-5-3-2-4-6-17;1-15-9-12-22(13-10-15)20(24)18-7-8-19-17(21-18)11-14-23(19)16-5-3-2-4-6-16;;;/h2-6,11,16-17,21H,7-10,12-15H2,1H3,(H,29,32);5,8,11-15H,6-7,9-10H2,1-4H3,(H,28,31);2*3-7,10,13-14H,8-9,11-12H2,1H3;3-8,11,14-15H,9-10,12-13H2,1H3;;;/q;;3*-1;;;. The number of thiocarbonyl (C=S) groups is 1. The number of aromatic nitrogens is 11. The SMILES string of the molecule is CC1(F)CCN(C(=O)c2cnc3c(ccn3-c3cc[c-]cc3)c2)CC1.CC1(F)CCN(C(=O)c2cnc3c(ccn3-c3ccc(C(=O)NC4CCS(=O)(=O)CC4)cc3)c2)CC1.CC1(F)CCN(C(=O)c2cnc3c(ccn3-c3cncc(C(=O)NC(C)(C)C)c3)c2)CC1.CC1(F)CCN(C(=S)c2cnc3c(ccn3-c3cc[c-]cc3)c2)CC1.CC1CCN(C(=O)c2ccc3c(ccn3-c3cc[c-]cc3)n2)CC1.[No].[No].[No]. The number of rotatable bonds is 13. The average Bonchev–Trinajstić information content (AvgIpc) is 1.67. The van der Waals surface area contributed by atoms with E-state index < -0.39 is 32.5 Å². The first-order valence-corrected chi connectivity index (χ1v) is 50.5. The van der Waals surface area contributed by atoms with Gasteiger partial charge in [-0.15, -0.1) is 36.4 Å². The zero-order valence-corrected chi connectivity index (χ0v) is 90.0. The van der Waals surface area contributed by atoms with Gasteiger partial charge in [-0.2, -0.15) is 54.6 Å². The molecule has 0 saturated carbocycles. The Morgan fingerprint density at radius 1 is 0.386 bits per heavy atom. The van der Waals surface area contributed by atoms with Gasteiger partial charge in [0, 0.05) is 177 Å². The number of halogens is 4. The maximum Gasteiger partial charge on any atom is 0.272 e. The molecule has 17 heterocycles. The number of fused-ring (bicyclic) bond motifs is 5. The van der Waals surface area contributed by atoms with Crippen molar-refractivity contribution >= 4 is 118 Å². The summed E-state index contributed by atoms with van der Waals surface area (Å²) in [6, 6.07) is 62.0. The number of nitrogens with one attached hydrogen (secondary N) is 2. The van der Waals surface area contributed by atoms with Crippen LogP contribution in [-0.4, -0.2) is 237 Å². The molecule has 4 aromatic carbocycles. The second-order valence-corrected chi connectivity index (χ2v) is 42.4. The number of piperidine rings is 5. The summed E-state index contributed by atoms with van der Waals surface area (Å²) in [6.45, 7) is 19.9. The van der Waals surface area contributed by atoms with E-state index in [0.717, 1.165) is 103 Å². The van der Waals surface area contributed by atoms with Crippen molar-refractivity contribution in [3.63, 3.8) is 0 Å². The van der Waals surface area contributed by atoms with E-state index >= 15 is 0 Å². The molecule has 6 amide bonds. The molecule has 0 spiro atoms. The van der Waals surface area contributed by atoms with Crippen molar-refractivity contribution in [2.45, 2.75) is 167 Å². The van der Waals surface area contributed by atoms with Crippen molar-refractivity contribution in [1.29, 1.82) is 0 Å². The zero-order valence-electron chi connectivity index (χ0n) is 81.7. The van der Waals surface area contributed by atoms with Crippen LogP contribution >= 0.6 is 12.2 Å². The minimum atomic E-state index is -2.98. The molecular weight excluding hydrogens is 2620 g/mol. The number of sulfone groups is 1. The molecule has 0 atom stereocenters. The predicted octanol–water partition coefficient (Wildman–Crippen LogP) is 19.0. The quantitative estimate of drug-likeness (QED) is 0.0616. The minimum absolute atomic E-state index is 0. The van der Waals surface area contributed by atoms with Crippen LogP contribution in [0, 0.1) is 24.1 Å². The van der Waals surface area contributed by atoms with Crippen molar-refractivity contribution in [2.75, 3.05) is 77.0 Å². The Labute approximate surface area is 828 Å². The van der Waals surface area contributed by atoms with Crippen molar-refractivity contribution in [3.05, 3.63) is 295 Å². The van der Waals surface area contributed by atoms with Gasteiger partial charge in [0.25, 0.3) is 35.4 Å². The number of likely N-dealkylation sites (tertiary alicyclic amines) is 5. The first kappa shape index (κ1) is 104. The van der Waals surface area contributed by atoms with Crippen molar-refractivity contribution in [3.8, 4) is 28.4 Å². The smallest absolute Gasteiger partial charge is 0.272 e. The molecule has 15 aromatic rings. The second-order valence-electron chi connectivity index (χ2n) is 39.7. The summed E-state index contributed by atoms with van der Waals surface area (Å²) in [7, 11) is -2.98. The van der Waals surface area contributed by atoms with Gasteiger partial charge in [0.15, 0.2) is 0 Å². The molecule has 0 aliphatic carbocycles. The topological polar surface area (TPSA) is 279 Å². The van der Waals surface area contributed by atoms with Gasteiger partial charge in [-0.05, 0) is 228 Å². The van der Waals surface area contributed by atoms with Crippen LogP contribution in [0.4, 0.5) is 17.6 Å². The zero-order chi connectivity index (χ0) is 100.0. The molecule has 11 aromatic heterocycles. The van der Waals surface area contributed by atoms with Gasteiger partial charge >= 0.3 is 0 Å². The molecular formula is C110H115F4N18No3O8S2-3. The van der Waals surface area contributed by atoms with Gasteiger partial charge in [0.1, 0.15) is 65.8 Å². The summed E-state index contributed by atoms with van der Waals surface area (Å²) in [5.41, 5.74) is 8.43. The normalized spacial score (nSPS) is 17.0. The van der Waals surface area contributed by atoms with Crippen molar-refractivity contribution in [2.24, 2.45) is 5.92 Å². The maximum atomic E-state index is 14.1. The molecule has 2 N–H and O–H groups in total. The molecule has 35 heteroatoms. The van der Waals surface area contributed by atoms with E-state index in [9.17, 15) is 54.7 Å². The third-order valence-electron chi connectivity index (χ3n) is 27.3. The monoisotopic (exact) mass is 2730 g/mol. The van der Waals surface area contributed by atoms with Crippen LogP contribution < -0.4 is 10.6 Å². The van der Waals surface area contributed by atoms with E-state index in [1.807, 2.05) is 215 Å². The molecule has 21 rings (SSSR count). The molecule has 778 valence electrons. The van der Waals surface area contributed by atoms with Gasteiger partial charge in [0.05, 0.1) is 56.7 Å². The largest absolute Gasteiger partial charge is 0.362 e. The third-order valence-corrected chi connectivity index (χ3v) is 29.5. The summed E-state index contributed by atoms with van der Waals surface area (Å²) in [4.78, 5) is 113. The van der Waals surface area contributed by atoms with Gasteiger partial charge in [-0.1, -0.05) is 36.2 Å². The Balaban J connectivity index is 0.000000144. The van der Waals surface area contributed by atoms with Crippen LogP contribution in [0.2, 0.25) is 0 Å². The number of carbonyl (C=O) groups is 6. The van der Waals surface area contributed by atoms with Crippen molar-refractivity contribution < 1.29 is 54.7 Å². The Morgan fingerprint density at radius 2 is 0.738 bits per heavy atom. The Morgan fingerprint density at radius 3 is 1.14 bits per heavy atom. The fraction of sp³-hybridized carbons (Fsp3) is 0.355. The van der Waals surface area contributed by atoms with Gasteiger partial charge in [0.2, 0.25) is 0 Å². The molecule has 6 fully saturated rings. The Kier molecular flexibility index (Phi) is 30.8. The number of hydrogen-bond donors (Lipinski definition) is 2. The van der Waals surface area contributed by atoms with Gasteiger partial charge in [-0.25, -0.2) is 50.9 Å². The Bertz CT molecular complexity index is 7090. The summed E-state index contributed by atoms with van der Waals surface area (Å²) in [5.74, 6) is 0.188. The van der Waals surface area contributed by atoms with Crippen LogP contribution in [0.5, 0.6) is 0 Å². The van der Waals surface area contributed by atoms with E-state index in [1.54, 1.807) is 97.5 Å². The number of carbonyl (C=O) groups excluding carboxylic acids is 6. The van der Waals surface area contributed by atoms with Crippen LogP contribution in [0.25, 0.3) is 83.6 Å². The van der Waals surface area contributed by atoms with Crippen LogP contribution in [-0.2, 0) is 9.84 Å². The van der Waals surface area contributed by atoms with Gasteiger partial charge in [-0.3, -0.25) is 38.3 Å². The number of hydrogen-bond acceptors (Lipinski definition) is 15. The minimum Gasteiger partial charge on any atom is -0.362 e. The molecule has 0 radical (unpaired) electrons. The number of benzene rings is 4. The fourth-order valence-electron chi connectivity index (χ4n) is 18.4. The van der Waals surface area contributed by atoms with Gasteiger partial charge < -0.3 is 53.4 Å². The first-order chi connectivity index (χ1) is 67.9. The molecule has 145 heavy (non-hydrogen) atoms. The summed E-state index contributed by atoms with van der Waals surface area (Å²) < 4.78 is 89.1. The fourth-order valence-corrected chi connectivity index (χ4v) is 20.1. The summed E-state index contributed by atoms with van der Waals surface area (Å²) in [5, 5.41) is 9.41. The van der Waals surface area contributed by atoms with Crippen LogP contribution in [0.15, 0.2) is 238 Å². The predicted molar refractivity (Wildman–Crippen MR) is 546 cm³/mol. The van der Waals surface area contributed by atoms with E-state index in [0.29, 0.717) is 173 Å². The molecule has 26 nitrogen and oxygen atoms in total. The van der Waals surface area contributed by atoms with E-state index in [-0.39, 0.29) is 58.5 Å². The third kappa shape index (κ3) is 24.5. The molecule has 6 saturated heterocycles.